The number of aromatic nitrogens is 1. The molecule has 0 saturated carbocycles. The van der Waals surface area contributed by atoms with Crippen LogP contribution in [0.15, 0.2) is 199 Å². The molecule has 0 aliphatic rings. The normalized spacial score (nSPS) is 11.5. The number of fused-ring (bicyclic) bond motifs is 6. The van der Waals surface area contributed by atoms with Gasteiger partial charge in [0, 0.05) is 39.3 Å². The maximum atomic E-state index is 6.51. The second-order valence-corrected chi connectivity index (χ2v) is 13.2. The Labute approximate surface area is 301 Å². The van der Waals surface area contributed by atoms with E-state index in [2.05, 4.69) is 187 Å². The highest BCUT2D eigenvalue weighted by atomic mass is 16.3. The largest absolute Gasteiger partial charge is 0.454 e. The summed E-state index contributed by atoms with van der Waals surface area (Å²) in [6.07, 6.45) is 1.83. The lowest BCUT2D eigenvalue weighted by atomic mass is 9.92. The summed E-state index contributed by atoms with van der Waals surface area (Å²) in [7, 11) is 0. The SMILES string of the molecule is c1ccc(-c2cccc(N(c3ccc4oc5c(ccc6cccnc65)c4c3)c3ccc(-c4ccccc4)cc3-c3cccc4ccccc34)c2)cc1. The first-order chi connectivity index (χ1) is 25.8. The summed E-state index contributed by atoms with van der Waals surface area (Å²) in [6, 6.07) is 67.1. The second-order valence-electron chi connectivity index (χ2n) is 13.2. The van der Waals surface area contributed by atoms with Crippen molar-refractivity contribution in [2.45, 2.75) is 0 Å². The molecule has 0 N–H and O–H groups in total. The van der Waals surface area contributed by atoms with E-state index in [0.717, 1.165) is 61.0 Å². The molecule has 8 aromatic carbocycles. The van der Waals surface area contributed by atoms with Gasteiger partial charge in [0.1, 0.15) is 11.1 Å². The van der Waals surface area contributed by atoms with Gasteiger partial charge < -0.3 is 9.32 Å². The third-order valence-corrected chi connectivity index (χ3v) is 10.1. The summed E-state index contributed by atoms with van der Waals surface area (Å²) in [5.41, 5.74) is 12.7. The van der Waals surface area contributed by atoms with E-state index in [-0.39, 0.29) is 0 Å². The topological polar surface area (TPSA) is 29.3 Å². The van der Waals surface area contributed by atoms with Crippen LogP contribution in [0.1, 0.15) is 0 Å². The smallest absolute Gasteiger partial charge is 0.161 e. The predicted molar refractivity (Wildman–Crippen MR) is 218 cm³/mol. The van der Waals surface area contributed by atoms with Crippen molar-refractivity contribution in [2.24, 2.45) is 0 Å². The molecule has 10 aromatic rings. The number of anilines is 3. The fourth-order valence-electron chi connectivity index (χ4n) is 7.60. The number of pyridine rings is 1. The molecule has 2 heterocycles. The van der Waals surface area contributed by atoms with Crippen LogP contribution in [0.4, 0.5) is 17.1 Å². The van der Waals surface area contributed by atoms with Gasteiger partial charge in [0.15, 0.2) is 5.58 Å². The Kier molecular flexibility index (Phi) is 7.14. The lowest BCUT2D eigenvalue weighted by Gasteiger charge is -2.29. The first-order valence-corrected chi connectivity index (χ1v) is 17.6. The van der Waals surface area contributed by atoms with Crippen LogP contribution >= 0.6 is 0 Å². The van der Waals surface area contributed by atoms with Crippen molar-refractivity contribution in [3.05, 3.63) is 194 Å². The van der Waals surface area contributed by atoms with Gasteiger partial charge >= 0.3 is 0 Å². The van der Waals surface area contributed by atoms with E-state index in [4.69, 9.17) is 9.40 Å². The van der Waals surface area contributed by atoms with Crippen LogP contribution in [0.3, 0.4) is 0 Å². The van der Waals surface area contributed by atoms with Gasteiger partial charge in [-0.15, -0.1) is 0 Å². The summed E-state index contributed by atoms with van der Waals surface area (Å²) >= 11 is 0. The predicted octanol–water partition coefficient (Wildman–Crippen LogP) is 13.8. The van der Waals surface area contributed by atoms with Crippen molar-refractivity contribution >= 4 is 60.7 Å². The average Bonchev–Trinajstić information content (AvgIpc) is 3.60. The Morgan fingerprint density at radius 3 is 1.94 bits per heavy atom. The first kappa shape index (κ1) is 29.9. The van der Waals surface area contributed by atoms with Crippen LogP contribution in [0, 0.1) is 0 Å². The number of benzene rings is 8. The lowest BCUT2D eigenvalue weighted by Crippen LogP contribution is -2.11. The van der Waals surface area contributed by atoms with Crippen molar-refractivity contribution in [2.75, 3.05) is 4.90 Å². The monoisotopic (exact) mass is 664 g/mol. The fourth-order valence-corrected chi connectivity index (χ4v) is 7.60. The Bertz CT molecular complexity index is 2910. The second kappa shape index (κ2) is 12.4. The fraction of sp³-hybridized carbons (Fsp3) is 0. The van der Waals surface area contributed by atoms with E-state index >= 15 is 0 Å². The molecule has 0 aliphatic heterocycles. The molecule has 244 valence electrons. The molecule has 0 radical (unpaired) electrons. The summed E-state index contributed by atoms with van der Waals surface area (Å²) in [6.45, 7) is 0. The van der Waals surface area contributed by atoms with E-state index in [1.54, 1.807) is 0 Å². The Hall–Kier alpha value is -6.97. The standard InChI is InChI=1S/C49H32N2O/c1-3-12-33(13-4-1)37-18-9-20-39(30-37)51(40-25-28-47-45(32-40)43-26-23-36-19-11-29-50-48(36)49(43)52-47)46-27-24-38(34-14-5-2-6-15-34)31-44(46)42-22-10-17-35-16-7-8-21-41(35)42/h1-32H. The van der Waals surface area contributed by atoms with Gasteiger partial charge in [-0.1, -0.05) is 133 Å². The Balaban J connectivity index is 1.26. The molecule has 10 rings (SSSR count). The maximum Gasteiger partial charge on any atom is 0.161 e. The van der Waals surface area contributed by atoms with Crippen molar-refractivity contribution in [1.29, 1.82) is 0 Å². The van der Waals surface area contributed by atoms with Gasteiger partial charge in [0.2, 0.25) is 0 Å². The van der Waals surface area contributed by atoms with Crippen molar-refractivity contribution in [1.82, 2.24) is 4.98 Å². The number of nitrogens with zero attached hydrogens (tertiary/aromatic N) is 2. The van der Waals surface area contributed by atoms with Crippen molar-refractivity contribution in [3.63, 3.8) is 0 Å². The quantitative estimate of drug-likeness (QED) is 0.177. The van der Waals surface area contributed by atoms with Crippen LogP contribution < -0.4 is 4.90 Å². The molecule has 0 amide bonds. The zero-order chi connectivity index (χ0) is 34.4. The molecule has 2 aromatic heterocycles. The van der Waals surface area contributed by atoms with Gasteiger partial charge in [0.25, 0.3) is 0 Å². The van der Waals surface area contributed by atoms with E-state index in [0.29, 0.717) is 0 Å². The summed E-state index contributed by atoms with van der Waals surface area (Å²) in [5, 5.41) is 5.59. The molecule has 0 aliphatic carbocycles. The minimum absolute atomic E-state index is 0.812. The highest BCUT2D eigenvalue weighted by Crippen LogP contribution is 2.46. The summed E-state index contributed by atoms with van der Waals surface area (Å²) in [5.74, 6) is 0. The lowest BCUT2D eigenvalue weighted by molar-refractivity contribution is 0.671. The Morgan fingerprint density at radius 1 is 0.404 bits per heavy atom. The molecule has 0 spiro atoms. The molecule has 3 nitrogen and oxygen atoms in total. The minimum atomic E-state index is 0.812. The zero-order valence-corrected chi connectivity index (χ0v) is 28.3. The van der Waals surface area contributed by atoms with Gasteiger partial charge in [-0.05, 0) is 93.2 Å². The number of rotatable bonds is 6. The highest BCUT2D eigenvalue weighted by molar-refractivity contribution is 6.14. The third-order valence-electron chi connectivity index (χ3n) is 10.1. The number of hydrogen-bond donors (Lipinski definition) is 0. The molecule has 0 bridgehead atoms. The van der Waals surface area contributed by atoms with E-state index in [9.17, 15) is 0 Å². The summed E-state index contributed by atoms with van der Waals surface area (Å²) < 4.78 is 6.51. The van der Waals surface area contributed by atoms with E-state index < -0.39 is 0 Å². The molecule has 0 atom stereocenters. The molecule has 0 unspecified atom stereocenters. The van der Waals surface area contributed by atoms with Crippen LogP contribution in [0.2, 0.25) is 0 Å². The maximum absolute atomic E-state index is 6.51. The molecule has 3 heteroatoms. The highest BCUT2D eigenvalue weighted by Gasteiger charge is 2.22. The van der Waals surface area contributed by atoms with Gasteiger partial charge in [-0.2, -0.15) is 0 Å². The minimum Gasteiger partial charge on any atom is -0.454 e. The average molecular weight is 665 g/mol. The molecule has 52 heavy (non-hydrogen) atoms. The number of furan rings is 1. The summed E-state index contributed by atoms with van der Waals surface area (Å²) in [4.78, 5) is 7.09. The van der Waals surface area contributed by atoms with Gasteiger partial charge in [-0.3, -0.25) is 4.98 Å². The van der Waals surface area contributed by atoms with Crippen LogP contribution in [0.25, 0.3) is 77.0 Å². The first-order valence-electron chi connectivity index (χ1n) is 17.6. The third kappa shape index (κ3) is 5.10. The van der Waals surface area contributed by atoms with E-state index in [1.807, 2.05) is 12.3 Å². The molecular formula is C49H32N2O. The van der Waals surface area contributed by atoms with Crippen molar-refractivity contribution in [3.8, 4) is 33.4 Å². The Morgan fingerprint density at radius 2 is 1.10 bits per heavy atom. The van der Waals surface area contributed by atoms with E-state index in [1.165, 1.54) is 33.0 Å². The molecule has 0 fully saturated rings. The van der Waals surface area contributed by atoms with Crippen LogP contribution in [-0.4, -0.2) is 4.98 Å². The van der Waals surface area contributed by atoms with Crippen LogP contribution in [-0.2, 0) is 0 Å². The molecular weight excluding hydrogens is 633 g/mol. The molecule has 0 saturated heterocycles. The number of hydrogen-bond acceptors (Lipinski definition) is 3. The van der Waals surface area contributed by atoms with Gasteiger partial charge in [0.05, 0.1) is 5.69 Å². The van der Waals surface area contributed by atoms with Crippen molar-refractivity contribution < 1.29 is 4.42 Å². The van der Waals surface area contributed by atoms with Crippen LogP contribution in [0.5, 0.6) is 0 Å². The zero-order valence-electron chi connectivity index (χ0n) is 28.3. The van der Waals surface area contributed by atoms with Gasteiger partial charge in [-0.25, -0.2) is 0 Å².